The van der Waals surface area contributed by atoms with Crippen molar-refractivity contribution < 1.29 is 4.79 Å². The van der Waals surface area contributed by atoms with Crippen molar-refractivity contribution in [1.82, 2.24) is 10.3 Å². The van der Waals surface area contributed by atoms with Gasteiger partial charge in [0.05, 0.1) is 15.2 Å². The van der Waals surface area contributed by atoms with Gasteiger partial charge in [-0.1, -0.05) is 31.9 Å². The molecule has 24 heavy (non-hydrogen) atoms. The van der Waals surface area contributed by atoms with E-state index in [0.29, 0.717) is 13.0 Å². The molecule has 1 atom stereocenters. The Kier molecular flexibility index (Phi) is 12.0. The summed E-state index contributed by atoms with van der Waals surface area (Å²) in [4.78, 5) is 16.5. The Morgan fingerprint density at radius 3 is 2.71 bits per heavy atom. The third-order valence-corrected chi connectivity index (χ3v) is 4.78. The monoisotopic (exact) mass is 391 g/mol. The molecule has 0 aliphatic rings. The number of amides is 1. The van der Waals surface area contributed by atoms with Crippen LogP contribution in [0.25, 0.3) is 10.2 Å². The highest BCUT2D eigenvalue weighted by Gasteiger charge is 2.10. The van der Waals surface area contributed by atoms with E-state index < -0.39 is 0 Å². The van der Waals surface area contributed by atoms with Crippen molar-refractivity contribution >= 4 is 52.3 Å². The van der Waals surface area contributed by atoms with Crippen molar-refractivity contribution in [2.45, 2.75) is 51.5 Å². The molecule has 2 rings (SSSR count). The second-order valence-corrected chi connectivity index (χ2v) is 6.69. The molecule has 3 N–H and O–H groups in total. The predicted molar refractivity (Wildman–Crippen MR) is 108 cm³/mol. The number of halogens is 2. The SMILES string of the molecule is CCCCC(CN)NC(=O)CCCc1nc2ccccc2s1.Cl.Cl. The van der Waals surface area contributed by atoms with Gasteiger partial charge in [-0.05, 0) is 31.4 Å². The Bertz CT molecular complexity index is 573. The first-order valence-corrected chi connectivity index (χ1v) is 8.88. The molecule has 0 saturated carbocycles. The number of nitrogens with zero attached hydrogens (tertiary/aromatic N) is 1. The molecule has 0 spiro atoms. The van der Waals surface area contributed by atoms with Crippen LogP contribution in [0.3, 0.4) is 0 Å². The zero-order valence-electron chi connectivity index (χ0n) is 14.0. The number of aryl methyl sites for hydroxylation is 1. The summed E-state index contributed by atoms with van der Waals surface area (Å²) in [5.74, 6) is 0.104. The van der Waals surface area contributed by atoms with Crippen molar-refractivity contribution in [3.63, 3.8) is 0 Å². The van der Waals surface area contributed by atoms with Crippen LogP contribution in [0.2, 0.25) is 0 Å². The van der Waals surface area contributed by atoms with Gasteiger partial charge in [0.25, 0.3) is 0 Å². The number of rotatable bonds is 9. The number of carbonyl (C=O) groups is 1. The van der Waals surface area contributed by atoms with E-state index in [9.17, 15) is 4.79 Å². The minimum Gasteiger partial charge on any atom is -0.352 e. The van der Waals surface area contributed by atoms with E-state index >= 15 is 0 Å². The molecule has 0 bridgehead atoms. The van der Waals surface area contributed by atoms with Crippen LogP contribution in [-0.2, 0) is 11.2 Å². The lowest BCUT2D eigenvalue weighted by molar-refractivity contribution is -0.121. The van der Waals surface area contributed by atoms with Gasteiger partial charge in [0.2, 0.25) is 5.91 Å². The van der Waals surface area contributed by atoms with E-state index in [4.69, 9.17) is 5.73 Å². The first kappa shape index (κ1) is 23.1. The fourth-order valence-corrected chi connectivity index (χ4v) is 3.44. The summed E-state index contributed by atoms with van der Waals surface area (Å²) in [5, 5.41) is 4.14. The van der Waals surface area contributed by atoms with E-state index in [0.717, 1.165) is 42.6 Å². The maximum Gasteiger partial charge on any atom is 0.220 e. The number of nitrogens with one attached hydrogen (secondary N) is 1. The Morgan fingerprint density at radius 1 is 1.29 bits per heavy atom. The number of hydrogen-bond donors (Lipinski definition) is 2. The van der Waals surface area contributed by atoms with Crippen molar-refractivity contribution in [3.8, 4) is 0 Å². The average molecular weight is 392 g/mol. The third-order valence-electron chi connectivity index (χ3n) is 3.69. The highest BCUT2D eigenvalue weighted by Crippen LogP contribution is 2.22. The third kappa shape index (κ3) is 7.34. The topological polar surface area (TPSA) is 68.0 Å². The number of benzene rings is 1. The molecular formula is C17H27Cl2N3OS. The number of carbonyl (C=O) groups excluding carboxylic acids is 1. The molecule has 0 radical (unpaired) electrons. The fourth-order valence-electron chi connectivity index (χ4n) is 2.43. The zero-order valence-corrected chi connectivity index (χ0v) is 16.4. The molecule has 4 nitrogen and oxygen atoms in total. The summed E-state index contributed by atoms with van der Waals surface area (Å²) in [6, 6.07) is 8.27. The Hall–Kier alpha value is -0.880. The van der Waals surface area contributed by atoms with Gasteiger partial charge < -0.3 is 11.1 Å². The van der Waals surface area contributed by atoms with Crippen molar-refractivity contribution in [3.05, 3.63) is 29.3 Å². The largest absolute Gasteiger partial charge is 0.352 e. The van der Waals surface area contributed by atoms with Crippen LogP contribution in [0.1, 0.15) is 44.0 Å². The number of hydrogen-bond acceptors (Lipinski definition) is 4. The molecule has 136 valence electrons. The van der Waals surface area contributed by atoms with Crippen LogP contribution in [0, 0.1) is 0 Å². The lowest BCUT2D eigenvalue weighted by Gasteiger charge is -2.16. The molecule has 0 fully saturated rings. The summed E-state index contributed by atoms with van der Waals surface area (Å²) in [5.41, 5.74) is 6.75. The van der Waals surface area contributed by atoms with Crippen LogP contribution in [0.15, 0.2) is 24.3 Å². The van der Waals surface area contributed by atoms with Gasteiger partial charge in [0.1, 0.15) is 0 Å². The van der Waals surface area contributed by atoms with Crippen LogP contribution in [0.4, 0.5) is 0 Å². The number of unbranched alkanes of at least 4 members (excludes halogenated alkanes) is 1. The molecule has 2 aromatic rings. The summed E-state index contributed by atoms with van der Waals surface area (Å²) < 4.78 is 1.21. The molecular weight excluding hydrogens is 365 g/mol. The second kappa shape index (κ2) is 12.5. The summed E-state index contributed by atoms with van der Waals surface area (Å²) in [6.07, 6.45) is 5.43. The summed E-state index contributed by atoms with van der Waals surface area (Å²) >= 11 is 1.72. The number of aromatic nitrogens is 1. The van der Waals surface area contributed by atoms with E-state index in [1.54, 1.807) is 11.3 Å². The summed E-state index contributed by atoms with van der Waals surface area (Å²) in [7, 11) is 0. The van der Waals surface area contributed by atoms with E-state index in [1.807, 2.05) is 18.2 Å². The second-order valence-electron chi connectivity index (χ2n) is 5.57. The van der Waals surface area contributed by atoms with Crippen LogP contribution < -0.4 is 11.1 Å². The predicted octanol–water partition coefficient (Wildman–Crippen LogP) is 4.10. The molecule has 0 aliphatic carbocycles. The average Bonchev–Trinajstić information content (AvgIpc) is 2.94. The normalized spacial score (nSPS) is 11.4. The lowest BCUT2D eigenvalue weighted by Crippen LogP contribution is -2.40. The van der Waals surface area contributed by atoms with Gasteiger partial charge in [-0.15, -0.1) is 36.2 Å². The fraction of sp³-hybridized carbons (Fsp3) is 0.529. The number of nitrogens with two attached hydrogens (primary N) is 1. The van der Waals surface area contributed by atoms with E-state index in [1.165, 1.54) is 4.70 Å². The van der Waals surface area contributed by atoms with Crippen LogP contribution in [0.5, 0.6) is 0 Å². The Balaban J connectivity index is 0.00000264. The first-order valence-electron chi connectivity index (χ1n) is 8.06. The molecule has 0 saturated heterocycles. The van der Waals surface area contributed by atoms with Gasteiger partial charge in [-0.3, -0.25) is 4.79 Å². The highest BCUT2D eigenvalue weighted by molar-refractivity contribution is 7.18. The van der Waals surface area contributed by atoms with Gasteiger partial charge >= 0.3 is 0 Å². The minimum atomic E-state index is 0. The molecule has 1 aromatic heterocycles. The van der Waals surface area contributed by atoms with Gasteiger partial charge in [-0.25, -0.2) is 4.98 Å². The van der Waals surface area contributed by atoms with Crippen molar-refractivity contribution in [2.75, 3.05) is 6.54 Å². The standard InChI is InChI=1S/C17H25N3OS.2ClH/c1-2-3-7-13(12-18)19-16(21)10-6-11-17-20-14-8-4-5-9-15(14)22-17;;/h4-5,8-9,13H,2-3,6-7,10-12,18H2,1H3,(H,19,21);2*1H. The zero-order chi connectivity index (χ0) is 15.8. The molecule has 7 heteroatoms. The number of thiazole rings is 1. The summed E-state index contributed by atoms with van der Waals surface area (Å²) in [6.45, 7) is 2.66. The van der Waals surface area contributed by atoms with Gasteiger partial charge in [0, 0.05) is 19.0 Å². The molecule has 1 amide bonds. The minimum absolute atomic E-state index is 0. The van der Waals surface area contributed by atoms with Crippen LogP contribution in [-0.4, -0.2) is 23.5 Å². The maximum absolute atomic E-state index is 12.0. The molecule has 1 heterocycles. The molecule has 0 aliphatic heterocycles. The van der Waals surface area contributed by atoms with Gasteiger partial charge in [-0.2, -0.15) is 0 Å². The maximum atomic E-state index is 12.0. The lowest BCUT2D eigenvalue weighted by atomic mass is 10.1. The molecule has 1 aromatic carbocycles. The highest BCUT2D eigenvalue weighted by atomic mass is 35.5. The Morgan fingerprint density at radius 2 is 2.04 bits per heavy atom. The number of fused-ring (bicyclic) bond motifs is 1. The van der Waals surface area contributed by atoms with E-state index in [-0.39, 0.29) is 36.8 Å². The van der Waals surface area contributed by atoms with Crippen LogP contribution >= 0.6 is 36.2 Å². The van der Waals surface area contributed by atoms with Crippen molar-refractivity contribution in [2.24, 2.45) is 5.73 Å². The first-order chi connectivity index (χ1) is 10.7. The number of para-hydroxylation sites is 1. The van der Waals surface area contributed by atoms with Crippen molar-refractivity contribution in [1.29, 1.82) is 0 Å². The smallest absolute Gasteiger partial charge is 0.220 e. The molecule has 1 unspecified atom stereocenters. The Labute approximate surface area is 160 Å². The van der Waals surface area contributed by atoms with Gasteiger partial charge in [0.15, 0.2) is 0 Å². The quantitative estimate of drug-likeness (QED) is 0.675. The van der Waals surface area contributed by atoms with E-state index in [2.05, 4.69) is 23.3 Å².